The van der Waals surface area contributed by atoms with Crippen LogP contribution in [0.15, 0.2) is 36.5 Å². The topological polar surface area (TPSA) is 44.9 Å². The first kappa shape index (κ1) is 14.5. The Kier molecular flexibility index (Phi) is 4.04. The molecule has 0 atom stereocenters. The highest BCUT2D eigenvalue weighted by molar-refractivity contribution is 6.30. The maximum atomic E-state index is 12.5. The van der Waals surface area contributed by atoms with Crippen molar-refractivity contribution >= 4 is 17.5 Å². The van der Waals surface area contributed by atoms with E-state index in [1.54, 1.807) is 0 Å². The lowest BCUT2D eigenvalue weighted by Gasteiger charge is -2.09. The maximum Gasteiger partial charge on any atom is 0.416 e. The van der Waals surface area contributed by atoms with Crippen LogP contribution in [0.4, 0.5) is 13.2 Å². The van der Waals surface area contributed by atoms with E-state index in [2.05, 4.69) is 10.3 Å². The van der Waals surface area contributed by atoms with Crippen LogP contribution < -0.4 is 5.32 Å². The number of carbonyl (C=O) groups is 1. The summed E-state index contributed by atoms with van der Waals surface area (Å²) in [6.45, 7) is -0.000603. The van der Waals surface area contributed by atoms with Crippen molar-refractivity contribution in [2.45, 2.75) is 12.7 Å². The van der Waals surface area contributed by atoms with Crippen LogP contribution in [-0.4, -0.2) is 10.9 Å². The molecule has 0 saturated heterocycles. The molecule has 2 aromatic rings. The fourth-order valence-electron chi connectivity index (χ4n) is 1.63. The average Bonchev–Trinajstić information content (AvgIpc) is 2.82. The molecule has 0 unspecified atom stereocenters. The minimum absolute atomic E-state index is 0.000603. The summed E-state index contributed by atoms with van der Waals surface area (Å²) >= 11 is 5.66. The van der Waals surface area contributed by atoms with Crippen molar-refractivity contribution in [3.8, 4) is 0 Å². The van der Waals surface area contributed by atoms with Crippen LogP contribution in [0.1, 0.15) is 21.6 Å². The van der Waals surface area contributed by atoms with Gasteiger partial charge in [0.15, 0.2) is 0 Å². The van der Waals surface area contributed by atoms with Gasteiger partial charge in [-0.3, -0.25) is 4.79 Å². The molecule has 3 nitrogen and oxygen atoms in total. The zero-order chi connectivity index (χ0) is 14.8. The molecule has 0 aliphatic carbocycles. The minimum atomic E-state index is -4.40. The number of aromatic nitrogens is 1. The van der Waals surface area contributed by atoms with Gasteiger partial charge in [0.25, 0.3) is 5.91 Å². The van der Waals surface area contributed by atoms with Crippen LogP contribution >= 0.6 is 11.6 Å². The Hall–Kier alpha value is -1.95. The van der Waals surface area contributed by atoms with Gasteiger partial charge in [-0.05, 0) is 23.8 Å². The Morgan fingerprint density at radius 3 is 2.65 bits per heavy atom. The first-order chi connectivity index (χ1) is 9.36. The molecule has 2 rings (SSSR count). The predicted octanol–water partition coefficient (Wildman–Crippen LogP) is 3.62. The van der Waals surface area contributed by atoms with E-state index in [0.717, 1.165) is 12.1 Å². The van der Waals surface area contributed by atoms with E-state index in [1.165, 1.54) is 24.4 Å². The standard InChI is InChI=1S/C13H10ClF3N2O/c14-10-5-11(18-7-10)12(20)19-6-8-2-1-3-9(4-8)13(15,16)17/h1-5,7,18H,6H2,(H,19,20). The van der Waals surface area contributed by atoms with E-state index in [1.807, 2.05) is 0 Å². The molecule has 7 heteroatoms. The largest absolute Gasteiger partial charge is 0.416 e. The number of nitrogens with one attached hydrogen (secondary N) is 2. The van der Waals surface area contributed by atoms with Gasteiger partial charge in [0.1, 0.15) is 5.69 Å². The van der Waals surface area contributed by atoms with E-state index in [0.29, 0.717) is 10.6 Å². The fraction of sp³-hybridized carbons (Fsp3) is 0.154. The number of carbonyl (C=O) groups excluding carboxylic acids is 1. The molecule has 0 fully saturated rings. The summed E-state index contributed by atoms with van der Waals surface area (Å²) in [5.41, 5.74) is -0.125. The number of H-pyrrole nitrogens is 1. The van der Waals surface area contributed by atoms with Crippen molar-refractivity contribution in [1.29, 1.82) is 0 Å². The van der Waals surface area contributed by atoms with Crippen molar-refractivity contribution in [3.63, 3.8) is 0 Å². The van der Waals surface area contributed by atoms with Gasteiger partial charge in [-0.25, -0.2) is 0 Å². The summed E-state index contributed by atoms with van der Waals surface area (Å²) in [5.74, 6) is -0.436. The van der Waals surface area contributed by atoms with E-state index < -0.39 is 17.6 Å². The summed E-state index contributed by atoms with van der Waals surface area (Å²) in [6, 6.07) is 6.23. The predicted molar refractivity (Wildman–Crippen MR) is 68.4 cm³/mol. The molecule has 1 aromatic carbocycles. The van der Waals surface area contributed by atoms with Crippen LogP contribution in [0.3, 0.4) is 0 Å². The van der Waals surface area contributed by atoms with Gasteiger partial charge in [0.2, 0.25) is 0 Å². The molecule has 106 valence electrons. The van der Waals surface area contributed by atoms with E-state index >= 15 is 0 Å². The lowest BCUT2D eigenvalue weighted by atomic mass is 10.1. The third-order valence-electron chi connectivity index (χ3n) is 2.60. The highest BCUT2D eigenvalue weighted by Gasteiger charge is 2.30. The highest BCUT2D eigenvalue weighted by atomic mass is 35.5. The highest BCUT2D eigenvalue weighted by Crippen LogP contribution is 2.29. The molecule has 0 spiro atoms. The second kappa shape index (κ2) is 5.58. The molecule has 20 heavy (non-hydrogen) atoms. The summed E-state index contributed by atoms with van der Waals surface area (Å²) in [5, 5.41) is 2.89. The Bertz CT molecular complexity index is 622. The number of hydrogen-bond acceptors (Lipinski definition) is 1. The number of aromatic amines is 1. The van der Waals surface area contributed by atoms with Gasteiger partial charge in [-0.2, -0.15) is 13.2 Å². The fourth-order valence-corrected chi connectivity index (χ4v) is 1.80. The Labute approximate surface area is 117 Å². The third kappa shape index (κ3) is 3.54. The quantitative estimate of drug-likeness (QED) is 0.893. The number of hydrogen-bond donors (Lipinski definition) is 2. The molecule has 1 heterocycles. The van der Waals surface area contributed by atoms with Crippen molar-refractivity contribution in [3.05, 3.63) is 58.4 Å². The molecule has 2 N–H and O–H groups in total. The third-order valence-corrected chi connectivity index (χ3v) is 2.82. The second-order valence-corrected chi connectivity index (χ2v) is 4.55. The van der Waals surface area contributed by atoms with Gasteiger partial charge in [-0.15, -0.1) is 0 Å². The molecule has 0 aliphatic heterocycles. The summed E-state index contributed by atoms with van der Waals surface area (Å²) < 4.78 is 37.6. The van der Waals surface area contributed by atoms with Crippen LogP contribution in [0.25, 0.3) is 0 Å². The number of amides is 1. The van der Waals surface area contributed by atoms with Gasteiger partial charge in [0, 0.05) is 12.7 Å². The van der Waals surface area contributed by atoms with E-state index in [-0.39, 0.29) is 12.2 Å². The zero-order valence-electron chi connectivity index (χ0n) is 10.1. The van der Waals surface area contributed by atoms with Crippen LogP contribution in [-0.2, 0) is 12.7 Å². The lowest BCUT2D eigenvalue weighted by Crippen LogP contribution is -2.23. The van der Waals surface area contributed by atoms with Crippen molar-refractivity contribution in [2.24, 2.45) is 0 Å². The zero-order valence-corrected chi connectivity index (χ0v) is 10.8. The minimum Gasteiger partial charge on any atom is -0.356 e. The molecular weight excluding hydrogens is 293 g/mol. The Balaban J connectivity index is 2.02. The van der Waals surface area contributed by atoms with Gasteiger partial charge < -0.3 is 10.3 Å². The Morgan fingerprint density at radius 1 is 1.30 bits per heavy atom. The normalized spacial score (nSPS) is 11.4. The summed E-state index contributed by atoms with van der Waals surface area (Å²) in [6.07, 6.45) is -2.95. The first-order valence-electron chi connectivity index (χ1n) is 5.64. The van der Waals surface area contributed by atoms with Gasteiger partial charge in [-0.1, -0.05) is 23.7 Å². The molecule has 0 radical (unpaired) electrons. The molecule has 0 bridgehead atoms. The van der Waals surface area contributed by atoms with E-state index in [4.69, 9.17) is 11.6 Å². The lowest BCUT2D eigenvalue weighted by molar-refractivity contribution is -0.137. The molecule has 0 aliphatic rings. The average molecular weight is 303 g/mol. The molecule has 0 saturated carbocycles. The second-order valence-electron chi connectivity index (χ2n) is 4.11. The monoisotopic (exact) mass is 302 g/mol. The first-order valence-corrected chi connectivity index (χ1v) is 6.02. The van der Waals surface area contributed by atoms with Gasteiger partial charge >= 0.3 is 6.18 Å². The molecule has 1 amide bonds. The maximum absolute atomic E-state index is 12.5. The van der Waals surface area contributed by atoms with Crippen LogP contribution in [0.2, 0.25) is 5.02 Å². The SMILES string of the molecule is O=C(NCc1cccc(C(F)(F)F)c1)c1cc(Cl)c[nH]1. The number of halogens is 4. The van der Waals surface area contributed by atoms with Crippen LogP contribution in [0.5, 0.6) is 0 Å². The van der Waals surface area contributed by atoms with Crippen molar-refractivity contribution < 1.29 is 18.0 Å². The molecular formula is C13H10ClF3N2O. The van der Waals surface area contributed by atoms with Crippen molar-refractivity contribution in [1.82, 2.24) is 10.3 Å². The van der Waals surface area contributed by atoms with E-state index in [9.17, 15) is 18.0 Å². The van der Waals surface area contributed by atoms with Crippen molar-refractivity contribution in [2.75, 3.05) is 0 Å². The van der Waals surface area contributed by atoms with Crippen LogP contribution in [0, 0.1) is 0 Å². The number of rotatable bonds is 3. The molecule has 1 aromatic heterocycles. The van der Waals surface area contributed by atoms with Gasteiger partial charge in [0.05, 0.1) is 10.6 Å². The number of benzene rings is 1. The summed E-state index contributed by atoms with van der Waals surface area (Å²) in [4.78, 5) is 14.3. The Morgan fingerprint density at radius 2 is 2.05 bits per heavy atom. The number of alkyl halides is 3. The summed E-state index contributed by atoms with van der Waals surface area (Å²) in [7, 11) is 0. The smallest absolute Gasteiger partial charge is 0.356 e.